The first-order valence-corrected chi connectivity index (χ1v) is 7.17. The molecular formula is C17H21NO3. The molecule has 1 heterocycles. The van der Waals surface area contributed by atoms with Gasteiger partial charge in [0.1, 0.15) is 0 Å². The van der Waals surface area contributed by atoms with Crippen LogP contribution >= 0.6 is 0 Å². The van der Waals surface area contributed by atoms with Crippen molar-refractivity contribution in [1.29, 1.82) is 0 Å². The van der Waals surface area contributed by atoms with Gasteiger partial charge in [-0.25, -0.2) is 4.98 Å². The summed E-state index contributed by atoms with van der Waals surface area (Å²) in [5.41, 5.74) is 2.21. The number of ether oxygens (including phenoxy) is 2. The number of aromatic nitrogens is 1. The van der Waals surface area contributed by atoms with E-state index in [9.17, 15) is 0 Å². The molecule has 0 fully saturated rings. The normalized spacial score (nSPS) is 10.4. The molecule has 4 nitrogen and oxygen atoms in total. The van der Waals surface area contributed by atoms with Crippen molar-refractivity contribution in [3.8, 4) is 17.4 Å². The standard InChI is InChI=1S/C17H21NO3/c1-3-4-13-5-7-15(16(11-13)20-2)21-17-8-6-14(9-10-19)12-18-17/h5-8,11-12,19H,3-4,9-10H2,1-2H3. The molecule has 0 spiro atoms. The third kappa shape index (κ3) is 4.20. The van der Waals surface area contributed by atoms with Crippen LogP contribution in [0.1, 0.15) is 24.5 Å². The van der Waals surface area contributed by atoms with Crippen LogP contribution in [0.4, 0.5) is 0 Å². The maximum Gasteiger partial charge on any atom is 0.219 e. The highest BCUT2D eigenvalue weighted by atomic mass is 16.5. The van der Waals surface area contributed by atoms with Gasteiger partial charge in [0.05, 0.1) is 7.11 Å². The molecule has 2 aromatic rings. The van der Waals surface area contributed by atoms with Gasteiger partial charge >= 0.3 is 0 Å². The summed E-state index contributed by atoms with van der Waals surface area (Å²) < 4.78 is 11.1. The molecule has 0 bridgehead atoms. The number of aliphatic hydroxyl groups is 1. The smallest absolute Gasteiger partial charge is 0.219 e. The van der Waals surface area contributed by atoms with Crippen LogP contribution in [0.2, 0.25) is 0 Å². The largest absolute Gasteiger partial charge is 0.493 e. The summed E-state index contributed by atoms with van der Waals surface area (Å²) in [6, 6.07) is 9.65. The van der Waals surface area contributed by atoms with Crippen molar-refractivity contribution in [2.75, 3.05) is 13.7 Å². The zero-order chi connectivity index (χ0) is 15.1. The van der Waals surface area contributed by atoms with Gasteiger partial charge in [-0.05, 0) is 36.1 Å². The molecule has 112 valence electrons. The summed E-state index contributed by atoms with van der Waals surface area (Å²) in [5, 5.41) is 8.89. The van der Waals surface area contributed by atoms with Crippen molar-refractivity contribution in [2.24, 2.45) is 0 Å². The molecule has 21 heavy (non-hydrogen) atoms. The summed E-state index contributed by atoms with van der Waals surface area (Å²) >= 11 is 0. The van der Waals surface area contributed by atoms with E-state index >= 15 is 0 Å². The quantitative estimate of drug-likeness (QED) is 0.848. The van der Waals surface area contributed by atoms with Gasteiger partial charge in [0.2, 0.25) is 5.88 Å². The van der Waals surface area contributed by atoms with Crippen molar-refractivity contribution in [1.82, 2.24) is 4.98 Å². The second-order valence-corrected chi connectivity index (χ2v) is 4.82. The number of methoxy groups -OCH3 is 1. The molecule has 0 aliphatic carbocycles. The van der Waals surface area contributed by atoms with Crippen molar-refractivity contribution < 1.29 is 14.6 Å². The molecule has 4 heteroatoms. The minimum atomic E-state index is 0.120. The van der Waals surface area contributed by atoms with Crippen molar-refractivity contribution >= 4 is 0 Å². The van der Waals surface area contributed by atoms with Gasteiger partial charge in [-0.2, -0.15) is 0 Å². The summed E-state index contributed by atoms with van der Waals surface area (Å²) in [6.07, 6.45) is 4.42. The van der Waals surface area contributed by atoms with Gasteiger partial charge in [0.25, 0.3) is 0 Å². The Morgan fingerprint density at radius 1 is 1.05 bits per heavy atom. The topological polar surface area (TPSA) is 51.6 Å². The molecule has 0 unspecified atom stereocenters. The zero-order valence-corrected chi connectivity index (χ0v) is 12.5. The van der Waals surface area contributed by atoms with E-state index in [0.29, 0.717) is 23.8 Å². The highest BCUT2D eigenvalue weighted by Gasteiger charge is 2.07. The van der Waals surface area contributed by atoms with E-state index in [4.69, 9.17) is 14.6 Å². The SMILES string of the molecule is CCCc1ccc(Oc2ccc(CCO)cn2)c(OC)c1. The van der Waals surface area contributed by atoms with Crippen molar-refractivity contribution in [3.63, 3.8) is 0 Å². The van der Waals surface area contributed by atoms with Crippen LogP contribution in [-0.4, -0.2) is 23.8 Å². The first-order valence-electron chi connectivity index (χ1n) is 7.17. The molecule has 0 aliphatic heterocycles. The van der Waals surface area contributed by atoms with Crippen LogP contribution in [0.25, 0.3) is 0 Å². The predicted molar refractivity (Wildman–Crippen MR) is 82.1 cm³/mol. The number of pyridine rings is 1. The maximum absolute atomic E-state index is 8.89. The molecule has 0 saturated carbocycles. The number of rotatable bonds is 7. The van der Waals surface area contributed by atoms with Crippen LogP contribution in [0.15, 0.2) is 36.5 Å². The lowest BCUT2D eigenvalue weighted by atomic mass is 10.1. The monoisotopic (exact) mass is 287 g/mol. The molecule has 1 N–H and O–H groups in total. The Bertz CT molecular complexity index is 567. The van der Waals surface area contributed by atoms with Gasteiger partial charge in [-0.1, -0.05) is 25.5 Å². The van der Waals surface area contributed by atoms with E-state index in [1.165, 1.54) is 5.56 Å². The van der Waals surface area contributed by atoms with Gasteiger partial charge in [0.15, 0.2) is 11.5 Å². The Kier molecular flexibility index (Phi) is 5.58. The summed E-state index contributed by atoms with van der Waals surface area (Å²) in [7, 11) is 1.63. The van der Waals surface area contributed by atoms with E-state index in [1.807, 2.05) is 24.3 Å². The van der Waals surface area contributed by atoms with E-state index in [-0.39, 0.29) is 6.61 Å². The summed E-state index contributed by atoms with van der Waals surface area (Å²) in [6.45, 7) is 2.27. The predicted octanol–water partition coefficient (Wildman–Crippen LogP) is 3.37. The third-order valence-corrected chi connectivity index (χ3v) is 3.18. The fourth-order valence-corrected chi connectivity index (χ4v) is 2.10. The second kappa shape index (κ2) is 7.64. The van der Waals surface area contributed by atoms with Crippen LogP contribution in [0.3, 0.4) is 0 Å². The van der Waals surface area contributed by atoms with Crippen molar-refractivity contribution in [2.45, 2.75) is 26.2 Å². The first-order chi connectivity index (χ1) is 10.3. The third-order valence-electron chi connectivity index (χ3n) is 3.18. The van der Waals surface area contributed by atoms with Crippen LogP contribution < -0.4 is 9.47 Å². The number of aliphatic hydroxyl groups excluding tert-OH is 1. The van der Waals surface area contributed by atoms with Gasteiger partial charge in [-0.15, -0.1) is 0 Å². The Labute approximate surface area is 125 Å². The lowest BCUT2D eigenvalue weighted by Crippen LogP contribution is -1.95. The van der Waals surface area contributed by atoms with Gasteiger partial charge in [0, 0.05) is 18.9 Å². The molecular weight excluding hydrogens is 266 g/mol. The molecule has 0 saturated heterocycles. The second-order valence-electron chi connectivity index (χ2n) is 4.82. The summed E-state index contributed by atoms with van der Waals surface area (Å²) in [5.74, 6) is 1.88. The molecule has 0 amide bonds. The summed E-state index contributed by atoms with van der Waals surface area (Å²) in [4.78, 5) is 4.24. The Balaban J connectivity index is 2.14. The zero-order valence-electron chi connectivity index (χ0n) is 12.5. The molecule has 0 atom stereocenters. The minimum absolute atomic E-state index is 0.120. The average molecular weight is 287 g/mol. The Morgan fingerprint density at radius 3 is 2.48 bits per heavy atom. The number of hydrogen-bond acceptors (Lipinski definition) is 4. The maximum atomic E-state index is 8.89. The lowest BCUT2D eigenvalue weighted by molar-refractivity contribution is 0.299. The number of benzene rings is 1. The molecule has 0 radical (unpaired) electrons. The molecule has 2 rings (SSSR count). The van der Waals surface area contributed by atoms with Crippen molar-refractivity contribution in [3.05, 3.63) is 47.7 Å². The minimum Gasteiger partial charge on any atom is -0.493 e. The van der Waals surface area contributed by atoms with E-state index in [0.717, 1.165) is 18.4 Å². The number of nitrogens with zero attached hydrogens (tertiary/aromatic N) is 1. The van der Waals surface area contributed by atoms with E-state index < -0.39 is 0 Å². The highest BCUT2D eigenvalue weighted by molar-refractivity contribution is 5.44. The molecule has 1 aromatic carbocycles. The Hall–Kier alpha value is -2.07. The van der Waals surface area contributed by atoms with E-state index in [2.05, 4.69) is 11.9 Å². The van der Waals surface area contributed by atoms with Crippen LogP contribution in [-0.2, 0) is 12.8 Å². The van der Waals surface area contributed by atoms with Crippen LogP contribution in [0.5, 0.6) is 17.4 Å². The fraction of sp³-hybridized carbons (Fsp3) is 0.353. The average Bonchev–Trinajstić information content (AvgIpc) is 2.51. The van der Waals surface area contributed by atoms with Gasteiger partial charge in [-0.3, -0.25) is 0 Å². The lowest BCUT2D eigenvalue weighted by Gasteiger charge is -2.11. The number of hydrogen-bond donors (Lipinski definition) is 1. The molecule has 1 aromatic heterocycles. The van der Waals surface area contributed by atoms with Gasteiger partial charge < -0.3 is 14.6 Å². The fourth-order valence-electron chi connectivity index (χ4n) is 2.10. The molecule has 0 aliphatic rings. The Morgan fingerprint density at radius 2 is 1.86 bits per heavy atom. The van der Waals surface area contributed by atoms with Crippen LogP contribution in [0, 0.1) is 0 Å². The number of aryl methyl sites for hydroxylation is 1. The highest BCUT2D eigenvalue weighted by Crippen LogP contribution is 2.31. The first kappa shape index (κ1) is 15.3. The van der Waals surface area contributed by atoms with E-state index in [1.54, 1.807) is 19.4 Å².